The van der Waals surface area contributed by atoms with E-state index in [-0.39, 0.29) is 5.75 Å². The van der Waals surface area contributed by atoms with E-state index >= 15 is 0 Å². The minimum absolute atomic E-state index is 0.208. The summed E-state index contributed by atoms with van der Waals surface area (Å²) in [6, 6.07) is 2.87. The minimum atomic E-state index is -0.437. The van der Waals surface area contributed by atoms with Crippen molar-refractivity contribution in [3.63, 3.8) is 0 Å². The van der Waals surface area contributed by atoms with Crippen LogP contribution in [0.5, 0.6) is 5.75 Å². The Hall–Kier alpha value is -1.10. The van der Waals surface area contributed by atoms with E-state index in [2.05, 4.69) is 18.5 Å². The van der Waals surface area contributed by atoms with Crippen LogP contribution in [0.1, 0.15) is 6.92 Å². The van der Waals surface area contributed by atoms with Gasteiger partial charge in [-0.15, -0.1) is 0 Å². The van der Waals surface area contributed by atoms with Crippen molar-refractivity contribution >= 4 is 23.1 Å². The number of nitrogen functional groups attached to an aromatic ring is 1. The van der Waals surface area contributed by atoms with Gasteiger partial charge in [0, 0.05) is 18.7 Å². The number of halogens is 1. The van der Waals surface area contributed by atoms with Gasteiger partial charge in [0.2, 0.25) is 0 Å². The van der Waals surface area contributed by atoms with Gasteiger partial charge >= 0.3 is 0 Å². The highest BCUT2D eigenvalue weighted by atomic mass is 32.2. The predicted molar refractivity (Wildman–Crippen MR) is 73.4 cm³/mol. The second-order valence-corrected chi connectivity index (χ2v) is 4.93. The second kappa shape index (κ2) is 6.59. The Morgan fingerprint density at radius 1 is 1.53 bits per heavy atom. The first-order valence-electron chi connectivity index (χ1n) is 5.44. The lowest BCUT2D eigenvalue weighted by atomic mass is 10.2. The minimum Gasteiger partial charge on any atom is -0.494 e. The van der Waals surface area contributed by atoms with Crippen molar-refractivity contribution < 1.29 is 9.13 Å². The molecule has 0 spiro atoms. The summed E-state index contributed by atoms with van der Waals surface area (Å²) in [7, 11) is 1.44. The highest BCUT2D eigenvalue weighted by Gasteiger charge is 2.09. The number of benzene rings is 1. The first-order chi connectivity index (χ1) is 8.08. The fourth-order valence-electron chi connectivity index (χ4n) is 1.51. The third-order valence-corrected chi connectivity index (χ3v) is 3.32. The van der Waals surface area contributed by atoms with Crippen LogP contribution in [0, 0.1) is 11.7 Å². The quantitative estimate of drug-likeness (QED) is 0.770. The molecule has 0 saturated carbocycles. The van der Waals surface area contributed by atoms with Gasteiger partial charge in [-0.05, 0) is 17.9 Å². The molecule has 1 rings (SSSR count). The zero-order chi connectivity index (χ0) is 12.8. The molecule has 0 radical (unpaired) electrons. The summed E-state index contributed by atoms with van der Waals surface area (Å²) in [5.74, 6) is 1.37. The van der Waals surface area contributed by atoms with Crippen LogP contribution < -0.4 is 15.8 Å². The Labute approximate surface area is 106 Å². The number of methoxy groups -OCH3 is 1. The van der Waals surface area contributed by atoms with E-state index in [1.54, 1.807) is 17.8 Å². The van der Waals surface area contributed by atoms with E-state index in [1.807, 2.05) is 0 Å². The number of hydrogen-bond donors (Lipinski definition) is 2. The van der Waals surface area contributed by atoms with E-state index in [1.165, 1.54) is 13.2 Å². The lowest BCUT2D eigenvalue weighted by molar-refractivity contribution is 0.387. The molecule has 0 aliphatic heterocycles. The molecule has 0 fully saturated rings. The molecule has 1 atom stereocenters. The Morgan fingerprint density at radius 3 is 2.82 bits per heavy atom. The van der Waals surface area contributed by atoms with E-state index in [0.29, 0.717) is 11.6 Å². The summed E-state index contributed by atoms with van der Waals surface area (Å²) in [6.45, 7) is 2.96. The zero-order valence-electron chi connectivity index (χ0n) is 10.4. The highest BCUT2D eigenvalue weighted by Crippen LogP contribution is 2.28. The summed E-state index contributed by atoms with van der Waals surface area (Å²) in [6.07, 6.45) is 2.08. The van der Waals surface area contributed by atoms with Gasteiger partial charge in [0.05, 0.1) is 18.5 Å². The maximum Gasteiger partial charge on any atom is 0.167 e. The monoisotopic (exact) mass is 258 g/mol. The molecule has 0 amide bonds. The van der Waals surface area contributed by atoms with Gasteiger partial charge in [-0.2, -0.15) is 11.8 Å². The van der Waals surface area contributed by atoms with Gasteiger partial charge in [0.1, 0.15) is 0 Å². The van der Waals surface area contributed by atoms with E-state index in [4.69, 9.17) is 10.5 Å². The molecule has 0 saturated heterocycles. The summed E-state index contributed by atoms with van der Waals surface area (Å²) in [5, 5.41) is 3.21. The van der Waals surface area contributed by atoms with Crippen molar-refractivity contribution in [3.05, 3.63) is 17.9 Å². The van der Waals surface area contributed by atoms with Crippen molar-refractivity contribution in [2.75, 3.05) is 36.7 Å². The van der Waals surface area contributed by atoms with Crippen molar-refractivity contribution in [1.82, 2.24) is 0 Å². The summed E-state index contributed by atoms with van der Waals surface area (Å²) < 4.78 is 18.2. The molecule has 3 nitrogen and oxygen atoms in total. The molecule has 0 aliphatic carbocycles. The molecular formula is C12H19FN2OS. The fraction of sp³-hybridized carbons (Fsp3) is 0.500. The average molecular weight is 258 g/mol. The van der Waals surface area contributed by atoms with E-state index in [9.17, 15) is 4.39 Å². The topological polar surface area (TPSA) is 47.3 Å². The first-order valence-corrected chi connectivity index (χ1v) is 6.83. The maximum atomic E-state index is 13.3. The fourth-order valence-corrected chi connectivity index (χ4v) is 2.19. The first kappa shape index (κ1) is 14.0. The van der Waals surface area contributed by atoms with Gasteiger partial charge in [0.25, 0.3) is 0 Å². The number of ether oxygens (including phenoxy) is 1. The number of nitrogens with one attached hydrogen (secondary N) is 1. The van der Waals surface area contributed by atoms with Crippen LogP contribution in [-0.2, 0) is 0 Å². The van der Waals surface area contributed by atoms with Gasteiger partial charge in [-0.3, -0.25) is 0 Å². The molecule has 1 aromatic carbocycles. The molecule has 0 aliphatic rings. The lowest BCUT2D eigenvalue weighted by Crippen LogP contribution is -2.14. The molecule has 96 valence electrons. The smallest absolute Gasteiger partial charge is 0.167 e. The molecule has 1 aromatic rings. The third-order valence-electron chi connectivity index (χ3n) is 2.42. The maximum absolute atomic E-state index is 13.3. The average Bonchev–Trinajstić information content (AvgIpc) is 2.28. The van der Waals surface area contributed by atoms with Crippen LogP contribution in [0.25, 0.3) is 0 Å². The van der Waals surface area contributed by atoms with E-state index in [0.717, 1.165) is 18.0 Å². The van der Waals surface area contributed by atoms with Crippen LogP contribution in [0.15, 0.2) is 12.1 Å². The third kappa shape index (κ3) is 4.00. The second-order valence-electron chi connectivity index (χ2n) is 4.02. The normalized spacial score (nSPS) is 12.2. The van der Waals surface area contributed by atoms with Gasteiger partial charge in [-0.25, -0.2) is 4.39 Å². The molecule has 5 heteroatoms. The van der Waals surface area contributed by atoms with Gasteiger partial charge in [0.15, 0.2) is 11.6 Å². The summed E-state index contributed by atoms with van der Waals surface area (Å²) in [5.41, 5.74) is 6.86. The molecule has 1 unspecified atom stereocenters. The molecule has 3 N–H and O–H groups in total. The van der Waals surface area contributed by atoms with Crippen LogP contribution in [0.4, 0.5) is 15.8 Å². The van der Waals surface area contributed by atoms with Crippen molar-refractivity contribution in [1.29, 1.82) is 0 Å². The van der Waals surface area contributed by atoms with Crippen molar-refractivity contribution in [2.45, 2.75) is 6.92 Å². The molecule has 0 heterocycles. The van der Waals surface area contributed by atoms with E-state index < -0.39 is 5.82 Å². The highest BCUT2D eigenvalue weighted by molar-refractivity contribution is 7.98. The number of anilines is 2. The standard InChI is InChI=1S/C12H19FN2OS/c1-8(7-17-3)6-15-11-5-12(16-2)9(13)4-10(11)14/h4-5,8,15H,6-7,14H2,1-3H3. The Bertz CT molecular complexity index is 374. The van der Waals surface area contributed by atoms with Gasteiger partial charge < -0.3 is 15.8 Å². The van der Waals surface area contributed by atoms with Crippen LogP contribution >= 0.6 is 11.8 Å². The Balaban J connectivity index is 2.70. The van der Waals surface area contributed by atoms with Crippen LogP contribution in [0.3, 0.4) is 0 Å². The van der Waals surface area contributed by atoms with Crippen LogP contribution in [0.2, 0.25) is 0 Å². The molecule has 0 aromatic heterocycles. The molecule has 17 heavy (non-hydrogen) atoms. The zero-order valence-corrected chi connectivity index (χ0v) is 11.2. The lowest BCUT2D eigenvalue weighted by Gasteiger charge is -2.15. The SMILES string of the molecule is COc1cc(NCC(C)CSC)c(N)cc1F. The predicted octanol–water partition coefficient (Wildman–Crippen LogP) is 2.83. The Morgan fingerprint density at radius 2 is 2.24 bits per heavy atom. The molecule has 0 bridgehead atoms. The van der Waals surface area contributed by atoms with Crippen LogP contribution in [-0.4, -0.2) is 25.7 Å². The largest absolute Gasteiger partial charge is 0.494 e. The van der Waals surface area contributed by atoms with Crippen molar-refractivity contribution in [2.24, 2.45) is 5.92 Å². The number of thioether (sulfide) groups is 1. The number of nitrogens with two attached hydrogens (primary N) is 1. The summed E-state index contributed by atoms with van der Waals surface area (Å²) in [4.78, 5) is 0. The number of rotatable bonds is 6. The summed E-state index contributed by atoms with van der Waals surface area (Å²) >= 11 is 1.80. The van der Waals surface area contributed by atoms with Crippen molar-refractivity contribution in [3.8, 4) is 5.75 Å². The molecular weight excluding hydrogens is 239 g/mol. The number of hydrogen-bond acceptors (Lipinski definition) is 4. The van der Waals surface area contributed by atoms with Gasteiger partial charge in [-0.1, -0.05) is 6.92 Å². The Kier molecular flexibility index (Phi) is 5.41.